The van der Waals surface area contributed by atoms with Crippen molar-refractivity contribution in [2.75, 3.05) is 0 Å². The third-order valence-corrected chi connectivity index (χ3v) is 5.62. The van der Waals surface area contributed by atoms with Crippen molar-refractivity contribution >= 4 is 34.5 Å². The van der Waals surface area contributed by atoms with E-state index in [4.69, 9.17) is 27.6 Å². The van der Waals surface area contributed by atoms with Gasteiger partial charge >= 0.3 is 0 Å². The van der Waals surface area contributed by atoms with Crippen LogP contribution in [0.3, 0.4) is 0 Å². The van der Waals surface area contributed by atoms with E-state index in [1.807, 2.05) is 6.07 Å². The van der Waals surface area contributed by atoms with Crippen LogP contribution in [0.1, 0.15) is 17.2 Å². The SMILES string of the molecule is OC(c1cccnc1)c1c(-c2ccc(Cl)s2)coc1-c1ccc(Cl)cc1F. The zero-order valence-corrected chi connectivity index (χ0v) is 16.0. The first-order chi connectivity index (χ1) is 13.0. The fraction of sp³-hybridized carbons (Fsp3) is 0.0500. The molecule has 0 spiro atoms. The third kappa shape index (κ3) is 3.51. The maximum Gasteiger partial charge on any atom is 0.143 e. The van der Waals surface area contributed by atoms with Gasteiger partial charge in [-0.2, -0.15) is 0 Å². The summed E-state index contributed by atoms with van der Waals surface area (Å²) in [5.41, 5.74) is 1.88. The molecule has 0 saturated heterocycles. The first-order valence-electron chi connectivity index (χ1n) is 7.95. The lowest BCUT2D eigenvalue weighted by molar-refractivity contribution is 0.220. The van der Waals surface area contributed by atoms with Crippen molar-refractivity contribution in [3.63, 3.8) is 0 Å². The molecule has 0 aliphatic carbocycles. The number of benzene rings is 1. The molecular weight excluding hydrogens is 408 g/mol. The van der Waals surface area contributed by atoms with Gasteiger partial charge in [-0.05, 0) is 36.4 Å². The Bertz CT molecular complexity index is 1090. The highest BCUT2D eigenvalue weighted by Crippen LogP contribution is 2.44. The van der Waals surface area contributed by atoms with Crippen LogP contribution in [0.25, 0.3) is 21.8 Å². The molecule has 1 N–H and O–H groups in total. The highest BCUT2D eigenvalue weighted by Gasteiger charge is 2.27. The molecule has 0 aliphatic rings. The second kappa shape index (κ2) is 7.44. The number of hydrogen-bond donors (Lipinski definition) is 1. The highest BCUT2D eigenvalue weighted by atomic mass is 35.5. The first kappa shape index (κ1) is 18.2. The molecule has 3 heterocycles. The minimum absolute atomic E-state index is 0.214. The number of rotatable bonds is 4. The molecule has 27 heavy (non-hydrogen) atoms. The van der Waals surface area contributed by atoms with Crippen molar-refractivity contribution in [2.24, 2.45) is 0 Å². The van der Waals surface area contributed by atoms with Crippen LogP contribution in [0.15, 0.2) is 65.5 Å². The summed E-state index contributed by atoms with van der Waals surface area (Å²) in [4.78, 5) is 4.86. The van der Waals surface area contributed by atoms with Crippen molar-refractivity contribution in [3.05, 3.63) is 87.4 Å². The second-order valence-corrected chi connectivity index (χ2v) is 7.96. The van der Waals surface area contributed by atoms with Gasteiger partial charge in [-0.15, -0.1) is 11.3 Å². The summed E-state index contributed by atoms with van der Waals surface area (Å²) in [5.74, 6) is -0.299. The number of pyridine rings is 1. The van der Waals surface area contributed by atoms with Crippen LogP contribution in [-0.2, 0) is 0 Å². The van der Waals surface area contributed by atoms with E-state index in [2.05, 4.69) is 4.98 Å². The molecular formula is C20H12Cl2FNO2S. The van der Waals surface area contributed by atoms with Crippen LogP contribution >= 0.6 is 34.5 Å². The Morgan fingerprint density at radius 1 is 1.11 bits per heavy atom. The van der Waals surface area contributed by atoms with Crippen LogP contribution in [0.2, 0.25) is 9.36 Å². The predicted octanol–water partition coefficient (Wildman–Crippen LogP) is 6.60. The average molecular weight is 420 g/mol. The summed E-state index contributed by atoms with van der Waals surface area (Å²) in [6.45, 7) is 0. The Balaban J connectivity index is 1.93. The number of halogens is 3. The van der Waals surface area contributed by atoms with Crippen LogP contribution in [0, 0.1) is 5.82 Å². The van der Waals surface area contributed by atoms with Gasteiger partial charge in [0.05, 0.1) is 9.90 Å². The Kier molecular flexibility index (Phi) is 5.02. The zero-order chi connectivity index (χ0) is 19.0. The summed E-state index contributed by atoms with van der Waals surface area (Å²) >= 11 is 13.3. The van der Waals surface area contributed by atoms with E-state index in [1.165, 1.54) is 29.7 Å². The van der Waals surface area contributed by atoms with E-state index >= 15 is 0 Å². The molecule has 0 amide bonds. The molecule has 0 fully saturated rings. The molecule has 4 aromatic rings. The smallest absolute Gasteiger partial charge is 0.143 e. The lowest BCUT2D eigenvalue weighted by Gasteiger charge is -2.13. The van der Waals surface area contributed by atoms with E-state index in [0.717, 1.165) is 4.88 Å². The maximum atomic E-state index is 14.5. The molecule has 0 saturated carbocycles. The van der Waals surface area contributed by atoms with Gasteiger partial charge in [0, 0.05) is 39.0 Å². The molecule has 4 rings (SSSR count). The Hall–Kier alpha value is -2.18. The van der Waals surface area contributed by atoms with E-state index in [-0.39, 0.29) is 16.3 Å². The Labute approximate surface area is 168 Å². The number of hydrogen-bond acceptors (Lipinski definition) is 4. The van der Waals surface area contributed by atoms with Crippen molar-refractivity contribution in [1.29, 1.82) is 0 Å². The summed E-state index contributed by atoms with van der Waals surface area (Å²) in [6.07, 6.45) is 3.62. The Morgan fingerprint density at radius 3 is 2.63 bits per heavy atom. The molecule has 7 heteroatoms. The summed E-state index contributed by atoms with van der Waals surface area (Å²) in [5, 5.41) is 11.3. The summed E-state index contributed by atoms with van der Waals surface area (Å²) < 4.78 is 20.9. The second-order valence-electron chi connectivity index (χ2n) is 5.81. The molecule has 136 valence electrons. The third-order valence-electron chi connectivity index (χ3n) is 4.12. The monoisotopic (exact) mass is 419 g/mol. The molecule has 3 nitrogen and oxygen atoms in total. The number of aromatic nitrogens is 1. The van der Waals surface area contributed by atoms with Crippen molar-refractivity contribution < 1.29 is 13.9 Å². The fourth-order valence-electron chi connectivity index (χ4n) is 2.88. The molecule has 0 radical (unpaired) electrons. The van der Waals surface area contributed by atoms with Gasteiger partial charge in [0.15, 0.2) is 0 Å². The lowest BCUT2D eigenvalue weighted by atomic mass is 9.95. The van der Waals surface area contributed by atoms with Gasteiger partial charge in [0.25, 0.3) is 0 Å². The van der Waals surface area contributed by atoms with Gasteiger partial charge < -0.3 is 9.52 Å². The number of aliphatic hydroxyl groups excluding tert-OH is 1. The fourth-order valence-corrected chi connectivity index (χ4v) is 4.10. The Morgan fingerprint density at radius 2 is 1.96 bits per heavy atom. The summed E-state index contributed by atoms with van der Waals surface area (Å²) in [7, 11) is 0. The zero-order valence-electron chi connectivity index (χ0n) is 13.7. The standard InChI is InChI=1S/C20H12Cl2FNO2S/c21-12-3-4-13(15(23)8-12)20-18(19(25)11-2-1-7-24-9-11)14(10-26-20)16-5-6-17(22)27-16/h1-10,19,25H. The van der Waals surface area contributed by atoms with Gasteiger partial charge in [-0.3, -0.25) is 4.98 Å². The van der Waals surface area contributed by atoms with Crippen LogP contribution < -0.4 is 0 Å². The topological polar surface area (TPSA) is 46.3 Å². The number of nitrogens with zero attached hydrogens (tertiary/aromatic N) is 1. The van der Waals surface area contributed by atoms with Crippen molar-refractivity contribution in [1.82, 2.24) is 4.98 Å². The lowest BCUT2D eigenvalue weighted by Crippen LogP contribution is -2.02. The van der Waals surface area contributed by atoms with Crippen molar-refractivity contribution in [2.45, 2.75) is 6.10 Å². The molecule has 0 bridgehead atoms. The van der Waals surface area contributed by atoms with E-state index in [9.17, 15) is 9.50 Å². The number of furan rings is 1. The van der Waals surface area contributed by atoms with Gasteiger partial charge in [0.2, 0.25) is 0 Å². The number of thiophene rings is 1. The van der Waals surface area contributed by atoms with E-state index < -0.39 is 11.9 Å². The summed E-state index contributed by atoms with van der Waals surface area (Å²) in [6, 6.07) is 11.4. The molecule has 1 unspecified atom stereocenters. The normalized spacial score (nSPS) is 12.3. The van der Waals surface area contributed by atoms with Gasteiger partial charge in [-0.25, -0.2) is 4.39 Å². The number of aliphatic hydroxyl groups is 1. The van der Waals surface area contributed by atoms with E-state index in [1.54, 1.807) is 36.7 Å². The molecule has 1 aromatic carbocycles. The van der Waals surface area contributed by atoms with Crippen LogP contribution in [0.4, 0.5) is 4.39 Å². The maximum absolute atomic E-state index is 14.5. The minimum atomic E-state index is -1.06. The largest absolute Gasteiger partial charge is 0.463 e. The van der Waals surface area contributed by atoms with Gasteiger partial charge in [0.1, 0.15) is 23.9 Å². The quantitative estimate of drug-likeness (QED) is 0.405. The van der Waals surface area contributed by atoms with Gasteiger partial charge in [-0.1, -0.05) is 29.3 Å². The highest BCUT2D eigenvalue weighted by molar-refractivity contribution is 7.19. The van der Waals surface area contributed by atoms with E-state index in [0.29, 0.717) is 21.0 Å². The first-order valence-corrected chi connectivity index (χ1v) is 9.52. The average Bonchev–Trinajstić information content (AvgIpc) is 3.28. The molecule has 3 aromatic heterocycles. The molecule has 0 aliphatic heterocycles. The predicted molar refractivity (Wildman–Crippen MR) is 106 cm³/mol. The van der Waals surface area contributed by atoms with Crippen LogP contribution in [0.5, 0.6) is 0 Å². The van der Waals surface area contributed by atoms with Crippen molar-refractivity contribution in [3.8, 4) is 21.8 Å². The minimum Gasteiger partial charge on any atom is -0.463 e. The molecule has 1 atom stereocenters. The van der Waals surface area contributed by atoms with Crippen LogP contribution in [-0.4, -0.2) is 10.1 Å².